The molecule has 0 saturated heterocycles. The molecular formula is C14H21N3O2S. The van der Waals surface area contributed by atoms with Crippen molar-refractivity contribution in [2.75, 3.05) is 17.2 Å². The summed E-state index contributed by atoms with van der Waals surface area (Å²) < 4.78 is 5.17. The number of thiocarbonyl (C=S) groups is 1. The first-order valence-electron chi connectivity index (χ1n) is 6.45. The molecule has 0 bridgehead atoms. The highest BCUT2D eigenvalue weighted by molar-refractivity contribution is 7.80. The maximum atomic E-state index is 11.6. The van der Waals surface area contributed by atoms with E-state index in [-0.39, 0.29) is 0 Å². The van der Waals surface area contributed by atoms with Crippen molar-refractivity contribution < 1.29 is 9.53 Å². The summed E-state index contributed by atoms with van der Waals surface area (Å²) in [7, 11) is 0. The van der Waals surface area contributed by atoms with Crippen molar-refractivity contribution in [1.82, 2.24) is 5.32 Å². The summed E-state index contributed by atoms with van der Waals surface area (Å²) in [4.78, 5) is 11.6. The molecule has 0 aliphatic rings. The first-order chi connectivity index (χ1) is 9.30. The van der Waals surface area contributed by atoms with Gasteiger partial charge >= 0.3 is 6.09 Å². The van der Waals surface area contributed by atoms with Crippen molar-refractivity contribution in [3.8, 4) is 0 Å². The van der Waals surface area contributed by atoms with E-state index in [2.05, 4.69) is 16.0 Å². The van der Waals surface area contributed by atoms with E-state index in [0.717, 1.165) is 12.2 Å². The summed E-state index contributed by atoms with van der Waals surface area (Å²) >= 11 is 5.09. The van der Waals surface area contributed by atoms with Gasteiger partial charge in [-0.15, -0.1) is 0 Å². The fourth-order valence-corrected chi connectivity index (χ4v) is 1.66. The van der Waals surface area contributed by atoms with Gasteiger partial charge in [0.25, 0.3) is 0 Å². The van der Waals surface area contributed by atoms with Gasteiger partial charge < -0.3 is 15.4 Å². The molecule has 0 aliphatic carbocycles. The van der Waals surface area contributed by atoms with Crippen LogP contribution in [0.1, 0.15) is 27.7 Å². The predicted molar refractivity (Wildman–Crippen MR) is 86.2 cm³/mol. The maximum absolute atomic E-state index is 11.6. The minimum atomic E-state index is -0.510. The van der Waals surface area contributed by atoms with Crippen LogP contribution in [0, 0.1) is 0 Å². The molecule has 0 heterocycles. The average Bonchev–Trinajstić information content (AvgIpc) is 2.29. The molecule has 1 amide bonds. The zero-order chi connectivity index (χ0) is 15.2. The normalized spacial score (nSPS) is 10.6. The molecule has 1 aromatic rings. The monoisotopic (exact) mass is 295 g/mol. The summed E-state index contributed by atoms with van der Waals surface area (Å²) in [5, 5.41) is 9.27. The van der Waals surface area contributed by atoms with Gasteiger partial charge in [0.1, 0.15) is 5.60 Å². The third-order valence-electron chi connectivity index (χ3n) is 2.13. The van der Waals surface area contributed by atoms with Crippen molar-refractivity contribution in [1.29, 1.82) is 0 Å². The van der Waals surface area contributed by atoms with Gasteiger partial charge in [0, 0.05) is 17.9 Å². The predicted octanol–water partition coefficient (Wildman–Crippen LogP) is 3.34. The van der Waals surface area contributed by atoms with Crippen LogP contribution in [0.4, 0.5) is 16.2 Å². The van der Waals surface area contributed by atoms with E-state index in [9.17, 15) is 4.79 Å². The van der Waals surface area contributed by atoms with Gasteiger partial charge in [-0.1, -0.05) is 0 Å². The van der Waals surface area contributed by atoms with Crippen LogP contribution in [0.5, 0.6) is 0 Å². The Morgan fingerprint density at radius 1 is 1.15 bits per heavy atom. The number of carbonyl (C=O) groups is 1. The number of rotatable bonds is 3. The Bertz CT molecular complexity index is 466. The van der Waals surface area contributed by atoms with Gasteiger partial charge in [-0.25, -0.2) is 4.79 Å². The van der Waals surface area contributed by atoms with Gasteiger partial charge in [0.2, 0.25) is 0 Å². The Morgan fingerprint density at radius 3 is 2.10 bits per heavy atom. The molecule has 0 spiro atoms. The lowest BCUT2D eigenvalue weighted by molar-refractivity contribution is 0.0636. The van der Waals surface area contributed by atoms with Crippen molar-refractivity contribution in [2.24, 2.45) is 0 Å². The number of nitrogens with one attached hydrogen (secondary N) is 3. The molecule has 0 saturated carbocycles. The van der Waals surface area contributed by atoms with E-state index in [0.29, 0.717) is 10.8 Å². The maximum Gasteiger partial charge on any atom is 0.412 e. The highest BCUT2D eigenvalue weighted by Gasteiger charge is 2.15. The molecule has 3 N–H and O–H groups in total. The van der Waals surface area contributed by atoms with Gasteiger partial charge in [-0.05, 0) is 64.2 Å². The molecule has 0 unspecified atom stereocenters. The Hall–Kier alpha value is -1.82. The Morgan fingerprint density at radius 2 is 1.65 bits per heavy atom. The van der Waals surface area contributed by atoms with Gasteiger partial charge in [-0.3, -0.25) is 5.32 Å². The molecule has 5 nitrogen and oxygen atoms in total. The lowest BCUT2D eigenvalue weighted by Gasteiger charge is -2.19. The summed E-state index contributed by atoms with van der Waals surface area (Å²) in [6.45, 7) is 8.20. The highest BCUT2D eigenvalue weighted by atomic mass is 32.1. The minimum Gasteiger partial charge on any atom is -0.444 e. The smallest absolute Gasteiger partial charge is 0.412 e. The van der Waals surface area contributed by atoms with E-state index in [1.165, 1.54) is 0 Å². The number of carbonyl (C=O) groups excluding carboxylic acids is 1. The van der Waals surface area contributed by atoms with E-state index < -0.39 is 11.7 Å². The van der Waals surface area contributed by atoms with Crippen LogP contribution < -0.4 is 16.0 Å². The number of ether oxygens (including phenoxy) is 1. The molecule has 1 rings (SSSR count). The van der Waals surface area contributed by atoms with Gasteiger partial charge in [-0.2, -0.15) is 0 Å². The fraction of sp³-hybridized carbons (Fsp3) is 0.429. The van der Waals surface area contributed by atoms with E-state index in [1.54, 1.807) is 12.1 Å². The molecule has 110 valence electrons. The SMILES string of the molecule is CCNC(=S)Nc1ccc(NC(=O)OC(C)(C)C)cc1. The first kappa shape index (κ1) is 16.2. The summed E-state index contributed by atoms with van der Waals surface area (Å²) in [5.74, 6) is 0. The number of hydrogen-bond donors (Lipinski definition) is 3. The van der Waals surface area contributed by atoms with Gasteiger partial charge in [0.05, 0.1) is 0 Å². The Kier molecular flexibility index (Phi) is 5.76. The van der Waals surface area contributed by atoms with Crippen molar-refractivity contribution in [3.63, 3.8) is 0 Å². The topological polar surface area (TPSA) is 62.4 Å². The van der Waals surface area contributed by atoms with Crippen LogP contribution in [0.3, 0.4) is 0 Å². The molecule has 0 atom stereocenters. The lowest BCUT2D eigenvalue weighted by atomic mass is 10.2. The highest BCUT2D eigenvalue weighted by Crippen LogP contribution is 2.15. The van der Waals surface area contributed by atoms with Crippen molar-refractivity contribution in [3.05, 3.63) is 24.3 Å². The molecule has 0 aliphatic heterocycles. The number of hydrogen-bond acceptors (Lipinski definition) is 3. The van der Waals surface area contributed by atoms with Crippen molar-refractivity contribution >= 4 is 34.8 Å². The second kappa shape index (κ2) is 7.09. The number of anilines is 2. The Balaban J connectivity index is 2.54. The zero-order valence-corrected chi connectivity index (χ0v) is 13.1. The number of benzene rings is 1. The standard InChI is InChI=1S/C14H21N3O2S/c1-5-15-12(20)16-10-6-8-11(9-7-10)17-13(18)19-14(2,3)4/h6-9H,5H2,1-4H3,(H,17,18)(H2,15,16,20). The average molecular weight is 295 g/mol. The molecule has 0 radical (unpaired) electrons. The van der Waals surface area contributed by atoms with E-state index >= 15 is 0 Å². The van der Waals surface area contributed by atoms with Crippen LogP contribution in [0.25, 0.3) is 0 Å². The van der Waals surface area contributed by atoms with Crippen LogP contribution in [-0.2, 0) is 4.74 Å². The summed E-state index contributed by atoms with van der Waals surface area (Å²) in [5.41, 5.74) is 1.01. The molecule has 6 heteroatoms. The van der Waals surface area contributed by atoms with Crippen LogP contribution >= 0.6 is 12.2 Å². The largest absolute Gasteiger partial charge is 0.444 e. The van der Waals surface area contributed by atoms with Crippen LogP contribution in [0.2, 0.25) is 0 Å². The van der Waals surface area contributed by atoms with Crippen LogP contribution in [-0.4, -0.2) is 23.4 Å². The molecule has 0 fully saturated rings. The minimum absolute atomic E-state index is 0.471. The Labute approximate surface area is 125 Å². The fourth-order valence-electron chi connectivity index (χ4n) is 1.39. The quantitative estimate of drug-likeness (QED) is 0.747. The zero-order valence-electron chi connectivity index (χ0n) is 12.2. The third kappa shape index (κ3) is 6.38. The van der Waals surface area contributed by atoms with E-state index in [4.69, 9.17) is 17.0 Å². The van der Waals surface area contributed by atoms with Gasteiger partial charge in [0.15, 0.2) is 5.11 Å². The number of amides is 1. The molecule has 1 aromatic carbocycles. The second-order valence-corrected chi connectivity index (χ2v) is 5.60. The van der Waals surface area contributed by atoms with E-state index in [1.807, 2.05) is 39.8 Å². The first-order valence-corrected chi connectivity index (χ1v) is 6.86. The third-order valence-corrected chi connectivity index (χ3v) is 2.37. The molecule has 0 aromatic heterocycles. The second-order valence-electron chi connectivity index (χ2n) is 5.19. The molecule has 20 heavy (non-hydrogen) atoms. The van der Waals surface area contributed by atoms with Crippen LogP contribution in [0.15, 0.2) is 24.3 Å². The summed E-state index contributed by atoms with van der Waals surface area (Å²) in [6.07, 6.45) is -0.471. The molecular weight excluding hydrogens is 274 g/mol. The summed E-state index contributed by atoms with van der Waals surface area (Å²) in [6, 6.07) is 7.22. The van der Waals surface area contributed by atoms with Crippen molar-refractivity contribution in [2.45, 2.75) is 33.3 Å². The lowest BCUT2D eigenvalue weighted by Crippen LogP contribution is -2.28.